The van der Waals surface area contributed by atoms with Crippen LogP contribution in [0.5, 0.6) is 17.2 Å². The monoisotopic (exact) mass is 449 g/mol. The molecule has 2 rings (SSSR count). The highest BCUT2D eigenvalue weighted by molar-refractivity contribution is 9.10. The lowest BCUT2D eigenvalue weighted by Gasteiger charge is -2.16. The zero-order valence-corrected chi connectivity index (χ0v) is 18.7. The molecule has 6 heteroatoms. The highest BCUT2D eigenvalue weighted by Crippen LogP contribution is 2.32. The number of hydrogen-bond acceptors (Lipinski definition) is 4. The fourth-order valence-corrected chi connectivity index (χ4v) is 3.18. The van der Waals surface area contributed by atoms with Crippen LogP contribution in [0.4, 0.5) is 0 Å². The normalized spacial score (nSPS) is 10.7. The van der Waals surface area contributed by atoms with Crippen molar-refractivity contribution in [2.24, 2.45) is 0 Å². The fourth-order valence-electron chi connectivity index (χ4n) is 2.82. The molecule has 1 amide bonds. The van der Waals surface area contributed by atoms with E-state index in [-0.39, 0.29) is 12.5 Å². The summed E-state index contributed by atoms with van der Waals surface area (Å²) in [4.78, 5) is 12.2. The number of halogens is 1. The molecule has 0 aliphatic carbocycles. The SMILES string of the molecule is COc1ccc(CCNC(=O)COc2cc(C)c(Br)cc2C(C)C)cc1OC. The van der Waals surface area contributed by atoms with Crippen molar-refractivity contribution in [1.82, 2.24) is 5.32 Å². The number of hydrogen-bond donors (Lipinski definition) is 1. The van der Waals surface area contributed by atoms with E-state index in [0.29, 0.717) is 30.4 Å². The Labute approximate surface area is 175 Å². The van der Waals surface area contributed by atoms with Crippen LogP contribution in [0.15, 0.2) is 34.8 Å². The Morgan fingerprint density at radius 3 is 2.43 bits per heavy atom. The Morgan fingerprint density at radius 2 is 1.79 bits per heavy atom. The van der Waals surface area contributed by atoms with E-state index in [1.807, 2.05) is 31.2 Å². The minimum Gasteiger partial charge on any atom is -0.493 e. The number of carbonyl (C=O) groups excluding carboxylic acids is 1. The van der Waals surface area contributed by atoms with Gasteiger partial charge in [-0.05, 0) is 60.2 Å². The molecule has 0 bridgehead atoms. The molecule has 0 saturated heterocycles. The van der Waals surface area contributed by atoms with Gasteiger partial charge in [-0.2, -0.15) is 0 Å². The van der Waals surface area contributed by atoms with E-state index in [9.17, 15) is 4.79 Å². The smallest absolute Gasteiger partial charge is 0.257 e. The second-order valence-electron chi connectivity index (χ2n) is 6.87. The molecule has 0 fully saturated rings. The maximum atomic E-state index is 12.2. The zero-order valence-electron chi connectivity index (χ0n) is 17.1. The van der Waals surface area contributed by atoms with Crippen molar-refractivity contribution in [3.63, 3.8) is 0 Å². The Bertz CT molecular complexity index is 820. The van der Waals surface area contributed by atoms with E-state index < -0.39 is 0 Å². The topological polar surface area (TPSA) is 56.8 Å². The first-order valence-electron chi connectivity index (χ1n) is 9.26. The van der Waals surface area contributed by atoms with E-state index in [1.165, 1.54) is 0 Å². The van der Waals surface area contributed by atoms with Gasteiger partial charge in [-0.3, -0.25) is 4.79 Å². The Morgan fingerprint density at radius 1 is 1.07 bits per heavy atom. The van der Waals surface area contributed by atoms with E-state index in [4.69, 9.17) is 14.2 Å². The number of ether oxygens (including phenoxy) is 3. The molecule has 2 aromatic carbocycles. The second-order valence-corrected chi connectivity index (χ2v) is 7.73. The van der Waals surface area contributed by atoms with Crippen LogP contribution in [0, 0.1) is 6.92 Å². The molecule has 5 nitrogen and oxygen atoms in total. The Balaban J connectivity index is 1.88. The molecule has 0 saturated carbocycles. The quantitative estimate of drug-likeness (QED) is 0.605. The summed E-state index contributed by atoms with van der Waals surface area (Å²) >= 11 is 3.55. The molecule has 0 aliphatic heterocycles. The third-order valence-corrected chi connectivity index (χ3v) is 5.31. The van der Waals surface area contributed by atoms with Gasteiger partial charge in [0, 0.05) is 11.0 Å². The third kappa shape index (κ3) is 5.89. The van der Waals surface area contributed by atoms with Crippen LogP contribution in [0.3, 0.4) is 0 Å². The molecular weight excluding hydrogens is 422 g/mol. The van der Waals surface area contributed by atoms with Crippen LogP contribution in [0.1, 0.15) is 36.5 Å². The molecule has 0 spiro atoms. The molecular formula is C22H28BrNO4. The van der Waals surface area contributed by atoms with Gasteiger partial charge in [-0.1, -0.05) is 35.8 Å². The summed E-state index contributed by atoms with van der Waals surface area (Å²) in [6.45, 7) is 6.73. The van der Waals surface area contributed by atoms with Gasteiger partial charge < -0.3 is 19.5 Å². The highest BCUT2D eigenvalue weighted by atomic mass is 79.9. The van der Waals surface area contributed by atoms with Crippen molar-refractivity contribution in [1.29, 1.82) is 0 Å². The van der Waals surface area contributed by atoms with Gasteiger partial charge in [-0.25, -0.2) is 0 Å². The van der Waals surface area contributed by atoms with E-state index in [2.05, 4.69) is 41.2 Å². The Kier molecular flexibility index (Phi) is 8.18. The summed E-state index contributed by atoms with van der Waals surface area (Å²) in [5, 5.41) is 2.90. The molecule has 28 heavy (non-hydrogen) atoms. The average Bonchev–Trinajstić information content (AvgIpc) is 2.68. The fraction of sp³-hybridized carbons (Fsp3) is 0.409. The van der Waals surface area contributed by atoms with Crippen LogP contribution in [-0.4, -0.2) is 33.3 Å². The predicted molar refractivity (Wildman–Crippen MR) is 115 cm³/mol. The average molecular weight is 450 g/mol. The molecule has 2 aromatic rings. The first kappa shape index (κ1) is 22.1. The lowest BCUT2D eigenvalue weighted by molar-refractivity contribution is -0.123. The second kappa shape index (κ2) is 10.4. The van der Waals surface area contributed by atoms with Gasteiger partial charge in [-0.15, -0.1) is 0 Å². The number of rotatable bonds is 9. The van der Waals surface area contributed by atoms with Crippen LogP contribution < -0.4 is 19.5 Å². The number of methoxy groups -OCH3 is 2. The lowest BCUT2D eigenvalue weighted by Crippen LogP contribution is -2.30. The third-order valence-electron chi connectivity index (χ3n) is 4.46. The van der Waals surface area contributed by atoms with Gasteiger partial charge >= 0.3 is 0 Å². The largest absolute Gasteiger partial charge is 0.493 e. The summed E-state index contributed by atoms with van der Waals surface area (Å²) in [7, 11) is 3.21. The minimum absolute atomic E-state index is 0.00722. The van der Waals surface area contributed by atoms with E-state index in [0.717, 1.165) is 26.9 Å². The summed E-state index contributed by atoms with van der Waals surface area (Å²) in [6.07, 6.45) is 0.695. The molecule has 0 radical (unpaired) electrons. The van der Waals surface area contributed by atoms with Gasteiger partial charge in [0.05, 0.1) is 14.2 Å². The summed E-state index contributed by atoms with van der Waals surface area (Å²) in [5.74, 6) is 2.29. The van der Waals surface area contributed by atoms with Crippen molar-refractivity contribution in [2.75, 3.05) is 27.4 Å². The van der Waals surface area contributed by atoms with Crippen LogP contribution >= 0.6 is 15.9 Å². The first-order chi connectivity index (χ1) is 13.3. The van der Waals surface area contributed by atoms with Crippen LogP contribution in [-0.2, 0) is 11.2 Å². The molecule has 0 aromatic heterocycles. The van der Waals surface area contributed by atoms with Crippen molar-refractivity contribution in [3.05, 3.63) is 51.5 Å². The molecule has 0 aliphatic rings. The van der Waals surface area contributed by atoms with Crippen molar-refractivity contribution in [2.45, 2.75) is 33.1 Å². The van der Waals surface area contributed by atoms with E-state index >= 15 is 0 Å². The number of benzene rings is 2. The predicted octanol–water partition coefficient (Wildman–Crippen LogP) is 4.64. The highest BCUT2D eigenvalue weighted by Gasteiger charge is 2.12. The maximum Gasteiger partial charge on any atom is 0.257 e. The lowest BCUT2D eigenvalue weighted by atomic mass is 10.0. The molecule has 152 valence electrons. The summed E-state index contributed by atoms with van der Waals surface area (Å²) in [5.41, 5.74) is 3.22. The molecule has 0 heterocycles. The molecule has 0 atom stereocenters. The van der Waals surface area contributed by atoms with Crippen molar-refractivity contribution < 1.29 is 19.0 Å². The number of carbonyl (C=O) groups is 1. The van der Waals surface area contributed by atoms with Crippen molar-refractivity contribution >= 4 is 21.8 Å². The molecule has 1 N–H and O–H groups in total. The Hall–Kier alpha value is -2.21. The minimum atomic E-state index is -0.143. The van der Waals surface area contributed by atoms with Gasteiger partial charge in [0.2, 0.25) is 0 Å². The molecule has 0 unspecified atom stereocenters. The first-order valence-corrected chi connectivity index (χ1v) is 10.1. The van der Waals surface area contributed by atoms with Crippen LogP contribution in [0.2, 0.25) is 0 Å². The maximum absolute atomic E-state index is 12.2. The van der Waals surface area contributed by atoms with Crippen molar-refractivity contribution in [3.8, 4) is 17.2 Å². The summed E-state index contributed by atoms with van der Waals surface area (Å²) in [6, 6.07) is 9.77. The van der Waals surface area contributed by atoms with Gasteiger partial charge in [0.15, 0.2) is 18.1 Å². The number of amides is 1. The zero-order chi connectivity index (χ0) is 20.7. The number of aryl methyl sites for hydroxylation is 1. The van der Waals surface area contributed by atoms with Gasteiger partial charge in [0.25, 0.3) is 5.91 Å². The van der Waals surface area contributed by atoms with Crippen LogP contribution in [0.25, 0.3) is 0 Å². The van der Waals surface area contributed by atoms with E-state index in [1.54, 1.807) is 14.2 Å². The van der Waals surface area contributed by atoms with Gasteiger partial charge in [0.1, 0.15) is 5.75 Å². The summed E-state index contributed by atoms with van der Waals surface area (Å²) < 4.78 is 17.4. The standard InChI is InChI=1S/C22H28BrNO4/c1-14(2)17-12-18(23)15(3)10-20(17)28-13-22(25)24-9-8-16-6-7-19(26-4)21(11-16)27-5/h6-7,10-12,14H,8-9,13H2,1-5H3,(H,24,25). The number of nitrogens with one attached hydrogen (secondary N) is 1.